The Balaban J connectivity index is 2.03. The molecule has 0 fully saturated rings. The summed E-state index contributed by atoms with van der Waals surface area (Å²) in [5.41, 5.74) is 1.98. The maximum absolute atomic E-state index is 13.9. The third-order valence-corrected chi connectivity index (χ3v) is 8.91. The fourth-order valence-corrected chi connectivity index (χ4v) is 5.90. The molecule has 0 saturated heterocycles. The number of aryl methyl sites for hydroxylation is 1. The van der Waals surface area contributed by atoms with Crippen LogP contribution >= 0.6 is 27.5 Å². The summed E-state index contributed by atoms with van der Waals surface area (Å²) < 4.78 is 29.6. The van der Waals surface area contributed by atoms with Crippen LogP contribution in [0.25, 0.3) is 0 Å². The molecule has 0 radical (unpaired) electrons. The molecule has 7 nitrogen and oxygen atoms in total. The van der Waals surface area contributed by atoms with Crippen LogP contribution < -0.4 is 9.62 Å². The summed E-state index contributed by atoms with van der Waals surface area (Å²) in [4.78, 5) is 28.5. The summed E-state index contributed by atoms with van der Waals surface area (Å²) >= 11 is 9.45. The third kappa shape index (κ3) is 8.06. The highest BCUT2D eigenvalue weighted by Crippen LogP contribution is 2.26. The predicted molar refractivity (Wildman–Crippen MR) is 159 cm³/mol. The Bertz CT molecular complexity index is 1420. The lowest BCUT2D eigenvalue weighted by Gasteiger charge is -2.32. The lowest BCUT2D eigenvalue weighted by molar-refractivity contribution is -0.139. The molecular weight excluding hydrogens is 602 g/mol. The summed E-state index contributed by atoms with van der Waals surface area (Å²) in [5.74, 6) is -0.823. The first kappa shape index (κ1) is 30.7. The van der Waals surface area contributed by atoms with Crippen LogP contribution in [0.4, 0.5) is 5.69 Å². The highest BCUT2D eigenvalue weighted by Gasteiger charge is 2.32. The first-order chi connectivity index (χ1) is 18.4. The highest BCUT2D eigenvalue weighted by atomic mass is 79.9. The smallest absolute Gasteiger partial charge is 0.264 e. The molecule has 208 valence electrons. The minimum Gasteiger partial charge on any atom is -0.352 e. The van der Waals surface area contributed by atoms with Gasteiger partial charge in [-0.25, -0.2) is 8.42 Å². The molecule has 3 rings (SSSR count). The van der Waals surface area contributed by atoms with E-state index >= 15 is 0 Å². The van der Waals surface area contributed by atoms with Crippen LogP contribution in [0.5, 0.6) is 0 Å². The largest absolute Gasteiger partial charge is 0.352 e. The van der Waals surface area contributed by atoms with E-state index < -0.39 is 28.5 Å². The van der Waals surface area contributed by atoms with Crippen LogP contribution in [0.2, 0.25) is 5.02 Å². The molecule has 0 aliphatic heterocycles. The zero-order valence-electron chi connectivity index (χ0n) is 22.4. The molecule has 2 unspecified atom stereocenters. The number of carbonyl (C=O) groups is 2. The molecule has 3 aromatic carbocycles. The molecule has 39 heavy (non-hydrogen) atoms. The second kappa shape index (κ2) is 13.5. The maximum atomic E-state index is 13.9. The van der Waals surface area contributed by atoms with E-state index in [9.17, 15) is 18.0 Å². The quantitative estimate of drug-likeness (QED) is 0.283. The van der Waals surface area contributed by atoms with Crippen molar-refractivity contribution in [1.82, 2.24) is 10.2 Å². The van der Waals surface area contributed by atoms with Crippen molar-refractivity contribution in [3.8, 4) is 0 Å². The molecular formula is C29H33BrClN3O4S. The third-order valence-electron chi connectivity index (χ3n) is 6.38. The van der Waals surface area contributed by atoms with Crippen molar-refractivity contribution in [3.05, 3.63) is 93.4 Å². The summed E-state index contributed by atoms with van der Waals surface area (Å²) in [5, 5.41) is 3.33. The molecule has 0 bridgehead atoms. The van der Waals surface area contributed by atoms with Crippen molar-refractivity contribution in [3.63, 3.8) is 0 Å². The van der Waals surface area contributed by atoms with Crippen molar-refractivity contribution >= 4 is 55.1 Å². The normalized spacial score (nSPS) is 12.9. The van der Waals surface area contributed by atoms with E-state index in [1.54, 1.807) is 25.1 Å². The van der Waals surface area contributed by atoms with Gasteiger partial charge in [0.05, 0.1) is 10.6 Å². The zero-order chi connectivity index (χ0) is 28.7. The summed E-state index contributed by atoms with van der Waals surface area (Å²) in [7, 11) is -4.15. The first-order valence-electron chi connectivity index (χ1n) is 12.6. The molecule has 2 amide bonds. The number of hydrogen-bond acceptors (Lipinski definition) is 4. The van der Waals surface area contributed by atoms with Gasteiger partial charge in [-0.05, 0) is 86.8 Å². The number of amides is 2. The topological polar surface area (TPSA) is 86.8 Å². The van der Waals surface area contributed by atoms with Crippen LogP contribution in [0.15, 0.2) is 82.2 Å². The van der Waals surface area contributed by atoms with Gasteiger partial charge in [0.25, 0.3) is 10.0 Å². The van der Waals surface area contributed by atoms with E-state index in [-0.39, 0.29) is 23.4 Å². The lowest BCUT2D eigenvalue weighted by Crippen LogP contribution is -2.52. The second-order valence-electron chi connectivity index (χ2n) is 9.45. The number of anilines is 1. The number of benzene rings is 3. The Kier molecular flexibility index (Phi) is 10.6. The summed E-state index contributed by atoms with van der Waals surface area (Å²) in [6.07, 6.45) is 0.735. The fourth-order valence-electron chi connectivity index (χ4n) is 3.93. The van der Waals surface area contributed by atoms with Gasteiger partial charge in [-0.3, -0.25) is 13.9 Å². The standard InChI is InChI=1S/C29H33BrClN3O4S/c1-5-21(3)32-29(36)22(4)33(18-23-9-7-10-24(30)17-23)28(35)19-34(26-11-6-8-20(2)16-26)39(37,38)27-14-12-25(31)13-15-27/h6-17,21-22H,5,18-19H2,1-4H3,(H,32,36). The van der Waals surface area contributed by atoms with Crippen LogP contribution in [0, 0.1) is 6.92 Å². The SMILES string of the molecule is CCC(C)NC(=O)C(C)N(Cc1cccc(Br)c1)C(=O)CN(c1cccc(C)c1)S(=O)(=O)c1ccc(Cl)cc1. The number of hydrogen-bond donors (Lipinski definition) is 1. The predicted octanol–water partition coefficient (Wildman–Crippen LogP) is 5.94. The van der Waals surface area contributed by atoms with E-state index in [1.165, 1.54) is 29.2 Å². The van der Waals surface area contributed by atoms with Crippen LogP contribution in [-0.4, -0.2) is 43.8 Å². The average Bonchev–Trinajstić information content (AvgIpc) is 2.89. The molecule has 3 aromatic rings. The molecule has 0 spiro atoms. The van der Waals surface area contributed by atoms with Gasteiger partial charge in [0.2, 0.25) is 11.8 Å². The summed E-state index contributed by atoms with van der Waals surface area (Å²) in [6.45, 7) is 6.97. The Morgan fingerprint density at radius 3 is 2.28 bits per heavy atom. The van der Waals surface area contributed by atoms with Gasteiger partial charge in [-0.1, -0.05) is 58.7 Å². The molecule has 1 N–H and O–H groups in total. The lowest BCUT2D eigenvalue weighted by atomic mass is 10.1. The van der Waals surface area contributed by atoms with Gasteiger partial charge >= 0.3 is 0 Å². The van der Waals surface area contributed by atoms with Gasteiger partial charge in [-0.15, -0.1) is 0 Å². The first-order valence-corrected chi connectivity index (χ1v) is 15.2. The van der Waals surface area contributed by atoms with Gasteiger partial charge in [0, 0.05) is 22.1 Å². The van der Waals surface area contributed by atoms with E-state index in [0.717, 1.165) is 26.3 Å². The molecule has 0 aromatic heterocycles. The molecule has 0 heterocycles. The van der Waals surface area contributed by atoms with Gasteiger partial charge in [0.1, 0.15) is 12.6 Å². The monoisotopic (exact) mass is 633 g/mol. The van der Waals surface area contributed by atoms with Crippen molar-refractivity contribution in [2.45, 2.75) is 57.6 Å². The Hall–Kier alpha value is -2.88. The van der Waals surface area contributed by atoms with Crippen LogP contribution in [-0.2, 0) is 26.2 Å². The Labute approximate surface area is 244 Å². The number of carbonyl (C=O) groups excluding carboxylic acids is 2. The number of nitrogens with zero attached hydrogens (tertiary/aromatic N) is 2. The fraction of sp³-hybridized carbons (Fsp3) is 0.310. The molecule has 0 aliphatic carbocycles. The highest BCUT2D eigenvalue weighted by molar-refractivity contribution is 9.10. The van der Waals surface area contributed by atoms with Crippen molar-refractivity contribution in [1.29, 1.82) is 0 Å². The van der Waals surface area contributed by atoms with E-state index in [0.29, 0.717) is 10.7 Å². The van der Waals surface area contributed by atoms with E-state index in [4.69, 9.17) is 11.6 Å². The van der Waals surface area contributed by atoms with Gasteiger partial charge in [0.15, 0.2) is 0 Å². The number of sulfonamides is 1. The number of rotatable bonds is 11. The zero-order valence-corrected chi connectivity index (χ0v) is 25.6. The van der Waals surface area contributed by atoms with Crippen LogP contribution in [0.3, 0.4) is 0 Å². The Morgan fingerprint density at radius 2 is 1.67 bits per heavy atom. The Morgan fingerprint density at radius 1 is 1.00 bits per heavy atom. The number of nitrogens with one attached hydrogen (secondary N) is 1. The second-order valence-corrected chi connectivity index (χ2v) is 12.7. The van der Waals surface area contributed by atoms with Gasteiger partial charge < -0.3 is 10.2 Å². The number of halogens is 2. The summed E-state index contributed by atoms with van der Waals surface area (Å²) in [6, 6.07) is 19.2. The van der Waals surface area contributed by atoms with Crippen molar-refractivity contribution in [2.24, 2.45) is 0 Å². The maximum Gasteiger partial charge on any atom is 0.264 e. The van der Waals surface area contributed by atoms with E-state index in [1.807, 2.05) is 51.1 Å². The average molecular weight is 635 g/mol. The minimum absolute atomic E-state index is 0.00214. The van der Waals surface area contributed by atoms with Crippen molar-refractivity contribution < 1.29 is 18.0 Å². The van der Waals surface area contributed by atoms with Crippen LogP contribution in [0.1, 0.15) is 38.3 Å². The minimum atomic E-state index is -4.15. The van der Waals surface area contributed by atoms with Gasteiger partial charge in [-0.2, -0.15) is 0 Å². The molecule has 0 aliphatic rings. The molecule has 10 heteroatoms. The van der Waals surface area contributed by atoms with Crippen molar-refractivity contribution in [2.75, 3.05) is 10.8 Å². The van der Waals surface area contributed by atoms with E-state index in [2.05, 4.69) is 21.2 Å². The molecule has 2 atom stereocenters. The molecule has 0 saturated carbocycles.